The van der Waals surface area contributed by atoms with Gasteiger partial charge in [-0.25, -0.2) is 0 Å². The molecule has 122 valence electrons. The molecule has 0 aliphatic rings. The zero-order chi connectivity index (χ0) is 16.5. The number of carbonyl (C=O) groups excluding carboxylic acids is 1. The minimum Gasteiger partial charge on any atom is -0.493 e. The van der Waals surface area contributed by atoms with E-state index in [1.54, 1.807) is 12.1 Å². The number of benzene rings is 2. The third-order valence-electron chi connectivity index (χ3n) is 3.23. The summed E-state index contributed by atoms with van der Waals surface area (Å²) in [5.74, 6) is 2.45. The molecule has 0 radical (unpaired) electrons. The van der Waals surface area contributed by atoms with Crippen LogP contribution in [0.4, 0.5) is 0 Å². The van der Waals surface area contributed by atoms with E-state index in [2.05, 4.69) is 0 Å². The van der Waals surface area contributed by atoms with Gasteiger partial charge in [0.25, 0.3) is 0 Å². The highest BCUT2D eigenvalue weighted by molar-refractivity contribution is 6.18. The summed E-state index contributed by atoms with van der Waals surface area (Å²) >= 11 is 5.69. The number of halogens is 1. The molecule has 0 saturated heterocycles. The zero-order valence-electron chi connectivity index (χ0n) is 13.3. The molecule has 4 heteroatoms. The van der Waals surface area contributed by atoms with Crippen molar-refractivity contribution in [3.05, 3.63) is 54.1 Å². The molecule has 0 aromatic heterocycles. The van der Waals surface area contributed by atoms with Crippen molar-refractivity contribution in [1.82, 2.24) is 0 Å². The van der Waals surface area contributed by atoms with Crippen molar-refractivity contribution in [2.24, 2.45) is 0 Å². The largest absolute Gasteiger partial charge is 0.493 e. The second-order valence-corrected chi connectivity index (χ2v) is 5.52. The van der Waals surface area contributed by atoms with E-state index < -0.39 is 0 Å². The van der Waals surface area contributed by atoms with E-state index in [4.69, 9.17) is 21.1 Å². The lowest BCUT2D eigenvalue weighted by molar-refractivity contribution is 0.0977. The van der Waals surface area contributed by atoms with Crippen LogP contribution in [0.5, 0.6) is 17.2 Å². The van der Waals surface area contributed by atoms with E-state index >= 15 is 0 Å². The maximum atomic E-state index is 12.4. The number of para-hydroxylation sites is 1. The average molecular weight is 333 g/mol. The number of ether oxygens (including phenoxy) is 2. The lowest BCUT2D eigenvalue weighted by Gasteiger charge is -2.13. The number of rotatable bonds is 9. The lowest BCUT2D eigenvalue weighted by Crippen LogP contribution is -2.05. The predicted octanol–water partition coefficient (Wildman–Crippen LogP) is 5.47. The first kappa shape index (κ1) is 17.4. The van der Waals surface area contributed by atoms with E-state index in [1.165, 1.54) is 0 Å². The van der Waals surface area contributed by atoms with Gasteiger partial charge in [-0.1, -0.05) is 25.1 Å². The van der Waals surface area contributed by atoms with Crippen LogP contribution in [0.1, 0.15) is 36.5 Å². The maximum absolute atomic E-state index is 12.4. The normalized spacial score (nSPS) is 10.3. The molecular formula is C19H21ClO3. The van der Waals surface area contributed by atoms with Crippen molar-refractivity contribution in [3.63, 3.8) is 0 Å². The summed E-state index contributed by atoms with van der Waals surface area (Å²) in [4.78, 5) is 12.4. The third kappa shape index (κ3) is 5.29. The summed E-state index contributed by atoms with van der Waals surface area (Å²) in [5.41, 5.74) is 0.553. The van der Waals surface area contributed by atoms with Crippen LogP contribution in [-0.4, -0.2) is 18.3 Å². The maximum Gasteiger partial charge on any atom is 0.166 e. The summed E-state index contributed by atoms with van der Waals surface area (Å²) in [6.07, 6.45) is 1.94. The molecule has 0 aliphatic carbocycles. The molecule has 0 spiro atoms. The summed E-state index contributed by atoms with van der Waals surface area (Å²) < 4.78 is 11.5. The number of hydrogen-bond acceptors (Lipinski definition) is 3. The second kappa shape index (κ2) is 9.21. The molecule has 3 nitrogen and oxygen atoms in total. The molecule has 0 amide bonds. The molecule has 0 unspecified atom stereocenters. The molecule has 23 heavy (non-hydrogen) atoms. The molecular weight excluding hydrogens is 312 g/mol. The molecule has 2 aromatic carbocycles. The first-order chi connectivity index (χ1) is 11.2. The van der Waals surface area contributed by atoms with E-state index in [1.807, 2.05) is 43.3 Å². The highest BCUT2D eigenvalue weighted by Gasteiger charge is 2.14. The molecule has 0 fully saturated rings. The van der Waals surface area contributed by atoms with Gasteiger partial charge in [0, 0.05) is 12.3 Å². The van der Waals surface area contributed by atoms with Crippen LogP contribution in [0, 0.1) is 0 Å². The fourth-order valence-corrected chi connectivity index (χ4v) is 2.25. The first-order valence-corrected chi connectivity index (χ1v) is 8.37. The van der Waals surface area contributed by atoms with Gasteiger partial charge in [0.05, 0.1) is 12.2 Å². The van der Waals surface area contributed by atoms with Gasteiger partial charge in [0.15, 0.2) is 5.78 Å². The molecule has 0 atom stereocenters. The zero-order valence-corrected chi connectivity index (χ0v) is 14.0. The number of ketones is 1. The summed E-state index contributed by atoms with van der Waals surface area (Å²) in [7, 11) is 0. The molecule has 2 rings (SSSR count). The minimum absolute atomic E-state index is 0.0234. The van der Waals surface area contributed by atoms with Crippen LogP contribution in [0.25, 0.3) is 0 Å². The Bertz CT molecular complexity index is 626. The predicted molar refractivity (Wildman–Crippen MR) is 93.0 cm³/mol. The van der Waals surface area contributed by atoms with Gasteiger partial charge in [0.2, 0.25) is 0 Å². The van der Waals surface area contributed by atoms with Gasteiger partial charge < -0.3 is 9.47 Å². The van der Waals surface area contributed by atoms with Crippen molar-refractivity contribution in [2.45, 2.75) is 26.2 Å². The van der Waals surface area contributed by atoms with E-state index in [0.717, 1.165) is 12.2 Å². The molecule has 2 aromatic rings. The summed E-state index contributed by atoms with van der Waals surface area (Å²) in [6.45, 7) is 2.61. The Labute approximate surface area is 142 Å². The van der Waals surface area contributed by atoms with Crippen molar-refractivity contribution in [1.29, 1.82) is 0 Å². The number of carbonyl (C=O) groups is 1. The fraction of sp³-hybridized carbons (Fsp3) is 0.316. The van der Waals surface area contributed by atoms with Gasteiger partial charge in [-0.05, 0) is 43.2 Å². The number of Topliss-reactive ketones (excluding diaryl/α,β-unsaturated/α-hetero) is 1. The van der Waals surface area contributed by atoms with Crippen molar-refractivity contribution >= 4 is 17.4 Å². The average Bonchev–Trinajstić information content (AvgIpc) is 2.59. The molecule has 0 aliphatic heterocycles. The van der Waals surface area contributed by atoms with Crippen LogP contribution in [0.2, 0.25) is 0 Å². The molecule has 0 N–H and O–H groups in total. The third-order valence-corrected chi connectivity index (χ3v) is 3.50. The van der Waals surface area contributed by atoms with E-state index in [9.17, 15) is 4.79 Å². The Morgan fingerprint density at radius 1 is 1.09 bits per heavy atom. The van der Waals surface area contributed by atoms with Crippen LogP contribution in [0.3, 0.4) is 0 Å². The molecule has 0 heterocycles. The van der Waals surface area contributed by atoms with Gasteiger partial charge in [0.1, 0.15) is 17.2 Å². The minimum atomic E-state index is 0.0234. The van der Waals surface area contributed by atoms with Crippen LogP contribution < -0.4 is 9.47 Å². The monoisotopic (exact) mass is 332 g/mol. The highest BCUT2D eigenvalue weighted by Crippen LogP contribution is 2.29. The van der Waals surface area contributed by atoms with Crippen LogP contribution in [-0.2, 0) is 0 Å². The molecule has 0 bridgehead atoms. The van der Waals surface area contributed by atoms with Gasteiger partial charge in [-0.2, -0.15) is 0 Å². The van der Waals surface area contributed by atoms with Crippen LogP contribution >= 0.6 is 11.6 Å². The Balaban J connectivity index is 2.22. The summed E-state index contributed by atoms with van der Waals surface area (Å²) in [6, 6.07) is 14.8. The quantitative estimate of drug-likeness (QED) is 0.451. The van der Waals surface area contributed by atoms with E-state index in [-0.39, 0.29) is 5.78 Å². The fourth-order valence-electron chi connectivity index (χ4n) is 2.12. The Morgan fingerprint density at radius 3 is 2.57 bits per heavy atom. The summed E-state index contributed by atoms with van der Waals surface area (Å²) in [5, 5.41) is 0. The van der Waals surface area contributed by atoms with Crippen molar-refractivity contribution in [2.75, 3.05) is 12.5 Å². The van der Waals surface area contributed by atoms with Gasteiger partial charge >= 0.3 is 0 Å². The number of hydrogen-bond donors (Lipinski definition) is 0. The van der Waals surface area contributed by atoms with Gasteiger partial charge in [-0.3, -0.25) is 4.79 Å². The Morgan fingerprint density at radius 2 is 1.87 bits per heavy atom. The van der Waals surface area contributed by atoms with Crippen molar-refractivity contribution in [3.8, 4) is 17.2 Å². The van der Waals surface area contributed by atoms with Crippen LogP contribution in [0.15, 0.2) is 48.5 Å². The lowest BCUT2D eigenvalue weighted by atomic mass is 10.1. The van der Waals surface area contributed by atoms with Crippen molar-refractivity contribution < 1.29 is 14.3 Å². The smallest absolute Gasteiger partial charge is 0.166 e. The first-order valence-electron chi connectivity index (χ1n) is 7.83. The highest BCUT2D eigenvalue weighted by atomic mass is 35.5. The Hall–Kier alpha value is -2.00. The Kier molecular flexibility index (Phi) is 6.95. The van der Waals surface area contributed by atoms with Gasteiger partial charge in [-0.15, -0.1) is 11.6 Å². The number of alkyl halides is 1. The standard InChI is InChI=1S/C19H21ClO3/c1-2-13-22-19-11-10-16(23-15-7-4-3-5-8-15)14-17(19)18(21)9-6-12-20/h3-5,7-8,10-11,14H,2,6,9,12-13H2,1H3. The SMILES string of the molecule is CCCOc1ccc(Oc2ccccc2)cc1C(=O)CCCCl. The second-order valence-electron chi connectivity index (χ2n) is 5.14. The molecule has 0 saturated carbocycles. The topological polar surface area (TPSA) is 35.5 Å². The van der Waals surface area contributed by atoms with E-state index in [0.29, 0.717) is 42.4 Å².